The average Bonchev–Trinajstić information content (AvgIpc) is 3.09. The molecule has 1 aliphatic heterocycles. The number of nitrogens with one attached hydrogen (secondary N) is 2. The van der Waals surface area contributed by atoms with E-state index in [-0.39, 0.29) is 23.4 Å². The van der Waals surface area contributed by atoms with Crippen molar-refractivity contribution in [2.24, 2.45) is 11.7 Å². The summed E-state index contributed by atoms with van der Waals surface area (Å²) in [5.74, 6) is -0.699. The molecule has 3 rings (SSSR count). The fraction of sp³-hybridized carbons (Fsp3) is 0.333. The molecular weight excluding hydrogens is 366 g/mol. The Morgan fingerprint density at radius 2 is 1.96 bits per heavy atom. The molecule has 4 N–H and O–H groups in total. The van der Waals surface area contributed by atoms with E-state index in [4.69, 9.17) is 5.73 Å². The number of likely N-dealkylation sites (tertiary alicyclic amines) is 1. The van der Waals surface area contributed by atoms with Crippen LogP contribution in [0.3, 0.4) is 0 Å². The highest BCUT2D eigenvalue weighted by Crippen LogP contribution is 2.21. The molecule has 0 unspecified atom stereocenters. The molecule has 9 heteroatoms. The Bertz CT molecular complexity index is 858. The van der Waals surface area contributed by atoms with Crippen LogP contribution < -0.4 is 16.4 Å². The number of primary amides is 1. The van der Waals surface area contributed by atoms with Crippen LogP contribution in [-0.4, -0.2) is 40.8 Å². The van der Waals surface area contributed by atoms with Crippen molar-refractivity contribution < 1.29 is 14.4 Å². The van der Waals surface area contributed by atoms with Gasteiger partial charge in [-0.05, 0) is 37.5 Å². The third-order valence-electron chi connectivity index (χ3n) is 4.40. The minimum Gasteiger partial charge on any atom is -0.369 e. The Morgan fingerprint density at radius 3 is 2.63 bits per heavy atom. The molecule has 2 aromatic rings. The van der Waals surface area contributed by atoms with Gasteiger partial charge in [-0.25, -0.2) is 9.78 Å². The molecule has 1 aromatic carbocycles. The molecule has 27 heavy (non-hydrogen) atoms. The molecule has 142 valence electrons. The fourth-order valence-electron chi connectivity index (χ4n) is 2.94. The molecule has 8 nitrogen and oxygen atoms in total. The van der Waals surface area contributed by atoms with Crippen molar-refractivity contribution in [3.8, 4) is 0 Å². The van der Waals surface area contributed by atoms with Crippen LogP contribution in [0, 0.1) is 12.8 Å². The van der Waals surface area contributed by atoms with Gasteiger partial charge in [0, 0.05) is 30.1 Å². The van der Waals surface area contributed by atoms with Crippen molar-refractivity contribution in [2.75, 3.05) is 23.7 Å². The summed E-state index contributed by atoms with van der Waals surface area (Å²) in [5.41, 5.74) is 7.31. The zero-order valence-corrected chi connectivity index (χ0v) is 15.7. The Kier molecular flexibility index (Phi) is 5.70. The van der Waals surface area contributed by atoms with Crippen molar-refractivity contribution in [1.29, 1.82) is 0 Å². The van der Waals surface area contributed by atoms with Gasteiger partial charge in [0.15, 0.2) is 5.13 Å². The first-order chi connectivity index (χ1) is 12.9. The van der Waals surface area contributed by atoms with Gasteiger partial charge in [-0.2, -0.15) is 0 Å². The Labute approximate surface area is 160 Å². The van der Waals surface area contributed by atoms with E-state index in [0.29, 0.717) is 36.8 Å². The van der Waals surface area contributed by atoms with Crippen LogP contribution in [0.1, 0.15) is 28.9 Å². The lowest BCUT2D eigenvalue weighted by Gasteiger charge is -2.29. The number of urea groups is 1. The van der Waals surface area contributed by atoms with Crippen LogP contribution in [-0.2, 0) is 4.79 Å². The number of aryl methyl sites for hydroxylation is 1. The summed E-state index contributed by atoms with van der Waals surface area (Å²) >= 11 is 1.18. The van der Waals surface area contributed by atoms with Crippen LogP contribution in [0.15, 0.2) is 29.6 Å². The number of piperidine rings is 1. The van der Waals surface area contributed by atoms with Gasteiger partial charge in [-0.1, -0.05) is 12.1 Å². The van der Waals surface area contributed by atoms with Gasteiger partial charge in [-0.3, -0.25) is 14.9 Å². The van der Waals surface area contributed by atoms with Gasteiger partial charge in [0.25, 0.3) is 5.91 Å². The van der Waals surface area contributed by atoms with Crippen LogP contribution in [0.5, 0.6) is 0 Å². The summed E-state index contributed by atoms with van der Waals surface area (Å²) in [5, 5.41) is 7.32. The Morgan fingerprint density at radius 1 is 1.22 bits per heavy atom. The SMILES string of the molecule is Cc1cccc(NC(=O)Nc2nc(C(=O)N3CCC(C(N)=O)CC3)cs2)c1. The average molecular weight is 387 g/mol. The predicted molar refractivity (Wildman–Crippen MR) is 104 cm³/mol. The van der Waals surface area contributed by atoms with E-state index in [2.05, 4.69) is 15.6 Å². The largest absolute Gasteiger partial charge is 0.369 e. The quantitative estimate of drug-likeness (QED) is 0.747. The second kappa shape index (κ2) is 8.17. The molecule has 2 heterocycles. The number of carbonyl (C=O) groups excluding carboxylic acids is 3. The second-order valence-electron chi connectivity index (χ2n) is 6.46. The number of anilines is 2. The standard InChI is InChI=1S/C18H21N5O3S/c1-11-3-2-4-13(9-11)20-17(26)22-18-21-14(10-27-18)16(25)23-7-5-12(6-8-23)15(19)24/h2-4,9-10,12H,5-8H2,1H3,(H2,19,24)(H2,20,21,22,26). The zero-order valence-electron chi connectivity index (χ0n) is 14.9. The normalized spacial score (nSPS) is 14.6. The number of amides is 4. The minimum atomic E-state index is -0.420. The monoisotopic (exact) mass is 387 g/mol. The lowest BCUT2D eigenvalue weighted by Crippen LogP contribution is -2.41. The molecule has 4 amide bonds. The lowest BCUT2D eigenvalue weighted by molar-refractivity contribution is -0.123. The van der Waals surface area contributed by atoms with E-state index in [1.807, 2.05) is 25.1 Å². The second-order valence-corrected chi connectivity index (χ2v) is 7.31. The van der Waals surface area contributed by atoms with Crippen LogP contribution in [0.2, 0.25) is 0 Å². The van der Waals surface area contributed by atoms with E-state index in [0.717, 1.165) is 5.56 Å². The van der Waals surface area contributed by atoms with E-state index >= 15 is 0 Å². The topological polar surface area (TPSA) is 117 Å². The van der Waals surface area contributed by atoms with Gasteiger partial charge < -0.3 is 16.0 Å². The van der Waals surface area contributed by atoms with Gasteiger partial charge in [0.2, 0.25) is 5.91 Å². The van der Waals surface area contributed by atoms with Crippen molar-refractivity contribution >= 4 is 40.0 Å². The number of rotatable bonds is 4. The molecular formula is C18H21N5O3S. The molecule has 0 atom stereocenters. The maximum Gasteiger partial charge on any atom is 0.325 e. The molecule has 1 saturated heterocycles. The van der Waals surface area contributed by atoms with Crippen molar-refractivity contribution in [3.05, 3.63) is 40.9 Å². The molecule has 0 spiro atoms. The first-order valence-corrected chi connectivity index (χ1v) is 9.49. The van der Waals surface area contributed by atoms with Crippen molar-refractivity contribution in [2.45, 2.75) is 19.8 Å². The summed E-state index contributed by atoms with van der Waals surface area (Å²) in [7, 11) is 0. The highest BCUT2D eigenvalue weighted by molar-refractivity contribution is 7.14. The number of nitrogens with zero attached hydrogens (tertiary/aromatic N) is 2. The zero-order chi connectivity index (χ0) is 19.4. The maximum absolute atomic E-state index is 12.5. The number of hydrogen-bond donors (Lipinski definition) is 3. The molecule has 1 aliphatic rings. The minimum absolute atomic E-state index is 0.174. The first kappa shape index (κ1) is 18.8. The van der Waals surface area contributed by atoms with Crippen LogP contribution >= 0.6 is 11.3 Å². The van der Waals surface area contributed by atoms with Gasteiger partial charge >= 0.3 is 6.03 Å². The van der Waals surface area contributed by atoms with E-state index in [1.54, 1.807) is 16.3 Å². The maximum atomic E-state index is 12.5. The lowest BCUT2D eigenvalue weighted by atomic mass is 9.96. The van der Waals surface area contributed by atoms with Crippen LogP contribution in [0.25, 0.3) is 0 Å². The summed E-state index contributed by atoms with van der Waals surface area (Å²) in [6.45, 7) is 2.88. The summed E-state index contributed by atoms with van der Waals surface area (Å²) in [6, 6.07) is 7.02. The molecule has 0 aliphatic carbocycles. The summed E-state index contributed by atoms with van der Waals surface area (Å²) in [6.07, 6.45) is 1.13. The third kappa shape index (κ3) is 4.82. The van der Waals surface area contributed by atoms with Gasteiger partial charge in [-0.15, -0.1) is 11.3 Å². The number of hydrogen-bond acceptors (Lipinski definition) is 5. The van der Waals surface area contributed by atoms with E-state index < -0.39 is 6.03 Å². The number of aromatic nitrogens is 1. The summed E-state index contributed by atoms with van der Waals surface area (Å²) < 4.78 is 0. The molecule has 1 aromatic heterocycles. The molecule has 0 bridgehead atoms. The molecule has 1 fully saturated rings. The third-order valence-corrected chi connectivity index (χ3v) is 5.16. The first-order valence-electron chi connectivity index (χ1n) is 8.61. The number of thiazole rings is 1. The number of carbonyl (C=O) groups is 3. The van der Waals surface area contributed by atoms with Gasteiger partial charge in [0.05, 0.1) is 0 Å². The molecule has 0 saturated carbocycles. The van der Waals surface area contributed by atoms with Gasteiger partial charge in [0.1, 0.15) is 5.69 Å². The highest BCUT2D eigenvalue weighted by atomic mass is 32.1. The Balaban J connectivity index is 1.55. The molecule has 0 radical (unpaired) electrons. The van der Waals surface area contributed by atoms with Crippen molar-refractivity contribution in [3.63, 3.8) is 0 Å². The number of benzene rings is 1. The predicted octanol–water partition coefficient (Wildman–Crippen LogP) is 2.43. The summed E-state index contributed by atoms with van der Waals surface area (Å²) in [4.78, 5) is 41.7. The fourth-order valence-corrected chi connectivity index (χ4v) is 3.62. The Hall–Kier alpha value is -2.94. The van der Waals surface area contributed by atoms with Crippen molar-refractivity contribution in [1.82, 2.24) is 9.88 Å². The highest BCUT2D eigenvalue weighted by Gasteiger charge is 2.27. The smallest absolute Gasteiger partial charge is 0.325 e. The number of nitrogens with two attached hydrogens (primary N) is 1. The van der Waals surface area contributed by atoms with E-state index in [1.165, 1.54) is 11.3 Å². The van der Waals surface area contributed by atoms with E-state index in [9.17, 15) is 14.4 Å². The van der Waals surface area contributed by atoms with Crippen LogP contribution in [0.4, 0.5) is 15.6 Å².